The fourth-order valence-corrected chi connectivity index (χ4v) is 4.25. The molecule has 3 N–H and O–H groups in total. The number of aromatic hydroxyl groups is 1. The zero-order valence-electron chi connectivity index (χ0n) is 20.3. The number of carbonyl (C=O) groups is 1. The van der Waals surface area contributed by atoms with Gasteiger partial charge in [-0.2, -0.15) is 9.61 Å². The lowest BCUT2D eigenvalue weighted by Gasteiger charge is -2.12. The molecule has 7 nitrogen and oxygen atoms in total. The maximum atomic E-state index is 12.9. The van der Waals surface area contributed by atoms with Crippen LogP contribution in [0.1, 0.15) is 23.2 Å². The number of para-hydroxylation sites is 1. The molecule has 0 aliphatic heterocycles. The largest absolute Gasteiger partial charge is 0.507 e. The molecule has 182 valence electrons. The summed E-state index contributed by atoms with van der Waals surface area (Å²) in [5, 5.41) is 21.0. The minimum Gasteiger partial charge on any atom is -0.507 e. The summed E-state index contributed by atoms with van der Waals surface area (Å²) in [6.07, 6.45) is 3.19. The van der Waals surface area contributed by atoms with Crippen molar-refractivity contribution in [3.8, 4) is 28.1 Å². The molecule has 0 aliphatic carbocycles. The van der Waals surface area contributed by atoms with Crippen LogP contribution < -0.4 is 16.1 Å². The van der Waals surface area contributed by atoms with Crippen LogP contribution in [-0.4, -0.2) is 46.5 Å². The van der Waals surface area contributed by atoms with E-state index in [1.807, 2.05) is 72.8 Å². The Bertz CT molecular complexity index is 1530. The Balaban J connectivity index is 1.19. The third-order valence-corrected chi connectivity index (χ3v) is 6.13. The maximum Gasteiger partial charge on any atom is 0.251 e. The normalized spacial score (nSPS) is 10.9. The minimum absolute atomic E-state index is 0.0809. The topological polar surface area (TPSA) is 91.5 Å². The standard InChI is InChI=1S/C29H26BN5O2/c30-24-19-33-35-27(18-25(34-28(24)35)23-14-6-7-15-26(23)36)31-16-8-9-17-32-29(37)22-13-5-4-12-21(22)20-10-2-1-3-11-20/h1-7,10-15,18-19,31,36H,8-9,16-17H2,(H,32,37). The third-order valence-electron chi connectivity index (χ3n) is 6.13. The molecule has 2 radical (unpaired) electrons. The van der Waals surface area contributed by atoms with Gasteiger partial charge in [0.05, 0.1) is 5.69 Å². The summed E-state index contributed by atoms with van der Waals surface area (Å²) in [6.45, 7) is 1.23. The van der Waals surface area contributed by atoms with Gasteiger partial charge in [0.1, 0.15) is 19.4 Å². The average Bonchev–Trinajstić information content (AvgIpc) is 3.31. The van der Waals surface area contributed by atoms with Crippen molar-refractivity contribution < 1.29 is 9.90 Å². The number of hydrogen-bond acceptors (Lipinski definition) is 5. The Kier molecular flexibility index (Phi) is 7.17. The van der Waals surface area contributed by atoms with E-state index in [-0.39, 0.29) is 11.7 Å². The molecule has 2 aromatic heterocycles. The fourth-order valence-electron chi connectivity index (χ4n) is 4.25. The van der Waals surface area contributed by atoms with Gasteiger partial charge in [0, 0.05) is 36.5 Å². The first-order valence-corrected chi connectivity index (χ1v) is 12.2. The van der Waals surface area contributed by atoms with Gasteiger partial charge in [-0.1, -0.05) is 60.7 Å². The first-order chi connectivity index (χ1) is 18.1. The summed E-state index contributed by atoms with van der Waals surface area (Å²) in [7, 11) is 6.07. The lowest BCUT2D eigenvalue weighted by Crippen LogP contribution is -2.25. The second-order valence-electron chi connectivity index (χ2n) is 8.68. The highest BCUT2D eigenvalue weighted by molar-refractivity contribution is 6.36. The smallest absolute Gasteiger partial charge is 0.251 e. The second kappa shape index (κ2) is 11.0. The molecule has 0 saturated heterocycles. The van der Waals surface area contributed by atoms with E-state index >= 15 is 0 Å². The zero-order valence-corrected chi connectivity index (χ0v) is 20.3. The van der Waals surface area contributed by atoms with Gasteiger partial charge in [-0.05, 0) is 47.6 Å². The van der Waals surface area contributed by atoms with E-state index in [0.717, 1.165) is 29.8 Å². The molecule has 0 spiro atoms. The lowest BCUT2D eigenvalue weighted by molar-refractivity contribution is 0.0953. The summed E-state index contributed by atoms with van der Waals surface area (Å²) in [6, 6.07) is 26.4. The van der Waals surface area contributed by atoms with Crippen LogP contribution in [0.25, 0.3) is 28.0 Å². The van der Waals surface area contributed by atoms with Crippen molar-refractivity contribution in [2.45, 2.75) is 12.8 Å². The number of anilines is 1. The molecule has 2 heterocycles. The summed E-state index contributed by atoms with van der Waals surface area (Å²) < 4.78 is 1.65. The number of phenolic OH excluding ortho intramolecular Hbond substituents is 1. The van der Waals surface area contributed by atoms with E-state index in [4.69, 9.17) is 7.85 Å². The number of fused-ring (bicyclic) bond motifs is 1. The van der Waals surface area contributed by atoms with Crippen LogP contribution in [0.2, 0.25) is 0 Å². The van der Waals surface area contributed by atoms with Gasteiger partial charge in [-0.3, -0.25) is 4.79 Å². The highest BCUT2D eigenvalue weighted by Gasteiger charge is 2.13. The first-order valence-electron chi connectivity index (χ1n) is 12.2. The monoisotopic (exact) mass is 487 g/mol. The van der Waals surface area contributed by atoms with E-state index < -0.39 is 0 Å². The predicted octanol–water partition coefficient (Wildman–Crippen LogP) is 4.18. The molecular weight excluding hydrogens is 461 g/mol. The number of unbranched alkanes of at least 4 members (excludes halogenated alkanes) is 1. The Hall–Kier alpha value is -4.59. The van der Waals surface area contributed by atoms with E-state index in [2.05, 4.69) is 20.7 Å². The van der Waals surface area contributed by atoms with Crippen LogP contribution in [0.4, 0.5) is 5.82 Å². The Morgan fingerprint density at radius 1 is 0.892 bits per heavy atom. The highest BCUT2D eigenvalue weighted by Crippen LogP contribution is 2.29. The SMILES string of the molecule is [B]c1cnn2c(NCCCCNC(=O)c3ccccc3-c3ccccc3)cc(-c3ccccc3O)nc12. The number of nitrogens with zero attached hydrogens (tertiary/aromatic N) is 3. The fraction of sp³-hybridized carbons (Fsp3) is 0.138. The highest BCUT2D eigenvalue weighted by atomic mass is 16.3. The third kappa shape index (κ3) is 5.33. The van der Waals surface area contributed by atoms with Gasteiger partial charge < -0.3 is 15.7 Å². The number of benzene rings is 3. The van der Waals surface area contributed by atoms with E-state index in [0.29, 0.717) is 41.0 Å². The molecule has 0 saturated carbocycles. The van der Waals surface area contributed by atoms with E-state index in [1.165, 1.54) is 0 Å². The summed E-state index contributed by atoms with van der Waals surface area (Å²) in [5.74, 6) is 0.788. The average molecular weight is 487 g/mol. The van der Waals surface area contributed by atoms with E-state index in [1.54, 1.807) is 22.8 Å². The van der Waals surface area contributed by atoms with Crippen LogP contribution in [-0.2, 0) is 0 Å². The molecule has 0 atom stereocenters. The Labute approximate surface area is 216 Å². The van der Waals surface area contributed by atoms with Crippen molar-refractivity contribution in [1.29, 1.82) is 0 Å². The Morgan fingerprint density at radius 3 is 2.41 bits per heavy atom. The summed E-state index contributed by atoms with van der Waals surface area (Å²) in [4.78, 5) is 17.5. The molecular formula is C29H26BN5O2. The van der Waals surface area contributed by atoms with Crippen LogP contribution in [0.3, 0.4) is 0 Å². The van der Waals surface area contributed by atoms with Crippen molar-refractivity contribution in [3.05, 3.63) is 96.7 Å². The number of nitrogens with one attached hydrogen (secondary N) is 2. The van der Waals surface area contributed by atoms with Crippen molar-refractivity contribution in [1.82, 2.24) is 19.9 Å². The van der Waals surface area contributed by atoms with Crippen molar-refractivity contribution in [2.24, 2.45) is 0 Å². The summed E-state index contributed by atoms with van der Waals surface area (Å²) >= 11 is 0. The Morgan fingerprint density at radius 2 is 1.59 bits per heavy atom. The van der Waals surface area contributed by atoms with Gasteiger partial charge in [-0.25, -0.2) is 4.98 Å². The van der Waals surface area contributed by atoms with Gasteiger partial charge in [0.2, 0.25) is 0 Å². The molecule has 8 heteroatoms. The van der Waals surface area contributed by atoms with Gasteiger partial charge in [-0.15, -0.1) is 0 Å². The molecule has 37 heavy (non-hydrogen) atoms. The summed E-state index contributed by atoms with van der Waals surface area (Å²) in [5.41, 5.74) is 4.80. The number of phenols is 1. The number of rotatable bonds is 9. The molecule has 0 bridgehead atoms. The molecule has 5 aromatic rings. The van der Waals surface area contributed by atoms with Crippen LogP contribution >= 0.6 is 0 Å². The van der Waals surface area contributed by atoms with E-state index in [9.17, 15) is 9.90 Å². The molecule has 1 amide bonds. The van der Waals surface area contributed by atoms with Crippen molar-refractivity contribution in [2.75, 3.05) is 18.4 Å². The maximum absolute atomic E-state index is 12.9. The van der Waals surface area contributed by atoms with Gasteiger partial charge in [0.25, 0.3) is 5.91 Å². The number of carbonyl (C=O) groups excluding carboxylic acids is 1. The zero-order chi connectivity index (χ0) is 25.6. The quantitative estimate of drug-likeness (QED) is 0.214. The van der Waals surface area contributed by atoms with Gasteiger partial charge >= 0.3 is 0 Å². The van der Waals surface area contributed by atoms with Crippen LogP contribution in [0.5, 0.6) is 5.75 Å². The minimum atomic E-state index is -0.0809. The number of amides is 1. The lowest BCUT2D eigenvalue weighted by atomic mass is 9.99. The molecule has 0 aliphatic rings. The van der Waals surface area contributed by atoms with Crippen molar-refractivity contribution >= 4 is 30.7 Å². The predicted molar refractivity (Wildman–Crippen MR) is 147 cm³/mol. The van der Waals surface area contributed by atoms with Crippen LogP contribution in [0.15, 0.2) is 91.1 Å². The van der Waals surface area contributed by atoms with Gasteiger partial charge in [0.15, 0.2) is 5.65 Å². The van der Waals surface area contributed by atoms with Crippen LogP contribution in [0, 0.1) is 0 Å². The number of aromatic nitrogens is 3. The molecule has 3 aromatic carbocycles. The first kappa shape index (κ1) is 24.1. The molecule has 5 rings (SSSR count). The number of hydrogen-bond donors (Lipinski definition) is 3. The molecule has 0 unspecified atom stereocenters. The molecule has 0 fully saturated rings. The second-order valence-corrected chi connectivity index (χ2v) is 8.68. The van der Waals surface area contributed by atoms with Crippen molar-refractivity contribution in [3.63, 3.8) is 0 Å².